The van der Waals surface area contributed by atoms with Gasteiger partial charge in [0, 0.05) is 6.42 Å². The molecule has 0 aliphatic rings. The van der Waals surface area contributed by atoms with Crippen LogP contribution in [0.5, 0.6) is 5.75 Å². The second-order valence-corrected chi connectivity index (χ2v) is 4.49. The van der Waals surface area contributed by atoms with Gasteiger partial charge in [-0.25, -0.2) is 0 Å². The van der Waals surface area contributed by atoms with Gasteiger partial charge in [-0.15, -0.1) is 0 Å². The van der Waals surface area contributed by atoms with Crippen LogP contribution in [0.2, 0.25) is 0 Å². The molecule has 0 aromatic heterocycles. The van der Waals surface area contributed by atoms with Gasteiger partial charge in [0.25, 0.3) is 0 Å². The lowest BCUT2D eigenvalue weighted by Crippen LogP contribution is -2.07. The lowest BCUT2D eigenvalue weighted by atomic mass is 9.98. The Balaban J connectivity index is 2.67. The first-order valence-corrected chi connectivity index (χ1v) is 6.45. The first-order valence-electron chi connectivity index (χ1n) is 6.45. The molecule has 1 aromatic rings. The van der Waals surface area contributed by atoms with Crippen molar-refractivity contribution in [1.29, 1.82) is 0 Å². The van der Waals surface area contributed by atoms with E-state index in [1.807, 2.05) is 31.2 Å². The summed E-state index contributed by atoms with van der Waals surface area (Å²) >= 11 is 0. The molecular formula is C15H22O2. The second kappa shape index (κ2) is 7.10. The maximum absolute atomic E-state index is 11.3. The van der Waals surface area contributed by atoms with E-state index in [2.05, 4.69) is 13.8 Å². The lowest BCUT2D eigenvalue weighted by Gasteiger charge is -2.11. The molecule has 0 aliphatic heterocycles. The molecule has 0 amide bonds. The van der Waals surface area contributed by atoms with Gasteiger partial charge in [0.2, 0.25) is 0 Å². The van der Waals surface area contributed by atoms with E-state index in [-0.39, 0.29) is 5.97 Å². The molecule has 0 N–H and O–H groups in total. The molecule has 2 nitrogen and oxygen atoms in total. The summed E-state index contributed by atoms with van der Waals surface area (Å²) in [6.07, 6.45) is 3.72. The number of hydrogen-bond donors (Lipinski definition) is 0. The number of rotatable bonds is 6. The van der Waals surface area contributed by atoms with Crippen molar-refractivity contribution < 1.29 is 9.53 Å². The van der Waals surface area contributed by atoms with E-state index < -0.39 is 0 Å². The Hall–Kier alpha value is -1.31. The van der Waals surface area contributed by atoms with Gasteiger partial charge in [0.05, 0.1) is 0 Å². The van der Waals surface area contributed by atoms with E-state index in [1.165, 1.54) is 6.42 Å². The predicted octanol–water partition coefficient (Wildman–Crippen LogP) is 3.98. The van der Waals surface area contributed by atoms with E-state index in [4.69, 9.17) is 4.74 Å². The van der Waals surface area contributed by atoms with Crippen LogP contribution >= 0.6 is 0 Å². The Bertz CT molecular complexity index is 358. The molecule has 0 spiro atoms. The minimum atomic E-state index is -0.166. The summed E-state index contributed by atoms with van der Waals surface area (Å²) < 4.78 is 5.32. The standard InChI is InChI=1S/C15H22O2/c1-4-12(3)10-11-13-8-6-7-9-14(13)17-15(16)5-2/h6-9,12H,4-5,10-11H2,1-3H3. The fourth-order valence-electron chi connectivity index (χ4n) is 1.61. The lowest BCUT2D eigenvalue weighted by molar-refractivity contribution is -0.134. The smallest absolute Gasteiger partial charge is 0.310 e. The molecule has 1 unspecified atom stereocenters. The summed E-state index contributed by atoms with van der Waals surface area (Å²) in [7, 11) is 0. The Labute approximate surface area is 104 Å². The first kappa shape index (κ1) is 13.8. The zero-order chi connectivity index (χ0) is 12.7. The SMILES string of the molecule is CCC(=O)Oc1ccccc1CCC(C)CC. The largest absolute Gasteiger partial charge is 0.426 e. The number of aryl methyl sites for hydroxylation is 1. The van der Waals surface area contributed by atoms with Crippen LogP contribution in [-0.4, -0.2) is 5.97 Å². The minimum Gasteiger partial charge on any atom is -0.426 e. The number of hydrogen-bond acceptors (Lipinski definition) is 2. The fourth-order valence-corrected chi connectivity index (χ4v) is 1.61. The summed E-state index contributed by atoms with van der Waals surface area (Å²) in [4.78, 5) is 11.3. The van der Waals surface area contributed by atoms with E-state index in [1.54, 1.807) is 0 Å². The molecule has 0 aliphatic carbocycles. The number of carbonyl (C=O) groups is 1. The van der Waals surface area contributed by atoms with E-state index in [9.17, 15) is 4.79 Å². The highest BCUT2D eigenvalue weighted by Crippen LogP contribution is 2.22. The monoisotopic (exact) mass is 234 g/mol. The first-order chi connectivity index (χ1) is 8.17. The third-order valence-corrected chi connectivity index (χ3v) is 3.09. The number of carbonyl (C=O) groups excluding carboxylic acids is 1. The van der Waals surface area contributed by atoms with Crippen molar-refractivity contribution in [2.75, 3.05) is 0 Å². The Morgan fingerprint density at radius 3 is 2.65 bits per heavy atom. The highest BCUT2D eigenvalue weighted by molar-refractivity contribution is 5.72. The number of ether oxygens (including phenoxy) is 1. The molecule has 0 radical (unpaired) electrons. The van der Waals surface area contributed by atoms with Crippen LogP contribution < -0.4 is 4.74 Å². The van der Waals surface area contributed by atoms with E-state index >= 15 is 0 Å². The van der Waals surface area contributed by atoms with Crippen molar-refractivity contribution >= 4 is 5.97 Å². The number of benzene rings is 1. The predicted molar refractivity (Wildman–Crippen MR) is 70.1 cm³/mol. The zero-order valence-electron chi connectivity index (χ0n) is 11.0. The molecule has 1 rings (SSSR count). The topological polar surface area (TPSA) is 26.3 Å². The maximum Gasteiger partial charge on any atom is 0.310 e. The molecule has 0 saturated carbocycles. The van der Waals surface area contributed by atoms with Gasteiger partial charge < -0.3 is 4.74 Å². The second-order valence-electron chi connectivity index (χ2n) is 4.49. The van der Waals surface area contributed by atoms with Crippen LogP contribution in [0.4, 0.5) is 0 Å². The van der Waals surface area contributed by atoms with Crippen LogP contribution in [0, 0.1) is 5.92 Å². The van der Waals surface area contributed by atoms with E-state index in [0.717, 1.165) is 24.2 Å². The summed E-state index contributed by atoms with van der Waals surface area (Å²) in [6.45, 7) is 6.26. The molecule has 1 aromatic carbocycles. The van der Waals surface area contributed by atoms with Gasteiger partial charge in [-0.3, -0.25) is 4.79 Å². The number of esters is 1. The summed E-state index contributed by atoms with van der Waals surface area (Å²) in [5.41, 5.74) is 1.13. The van der Waals surface area contributed by atoms with Gasteiger partial charge in [-0.2, -0.15) is 0 Å². The van der Waals surface area contributed by atoms with Crippen molar-refractivity contribution in [2.45, 2.75) is 46.5 Å². The van der Waals surface area contributed by atoms with Crippen molar-refractivity contribution in [1.82, 2.24) is 0 Å². The molecule has 0 heterocycles. The van der Waals surface area contributed by atoms with Crippen LogP contribution in [0.25, 0.3) is 0 Å². The summed E-state index contributed by atoms with van der Waals surface area (Å²) in [5.74, 6) is 1.27. The zero-order valence-corrected chi connectivity index (χ0v) is 11.0. The van der Waals surface area contributed by atoms with Crippen LogP contribution in [0.15, 0.2) is 24.3 Å². The Morgan fingerprint density at radius 2 is 2.00 bits per heavy atom. The average molecular weight is 234 g/mol. The molecule has 0 bridgehead atoms. The quantitative estimate of drug-likeness (QED) is 0.549. The van der Waals surface area contributed by atoms with Crippen molar-refractivity contribution in [3.8, 4) is 5.75 Å². The Morgan fingerprint density at radius 1 is 1.29 bits per heavy atom. The molecule has 94 valence electrons. The van der Waals surface area contributed by atoms with Crippen LogP contribution in [-0.2, 0) is 11.2 Å². The summed E-state index contributed by atoms with van der Waals surface area (Å²) in [5, 5.41) is 0. The normalized spacial score (nSPS) is 12.2. The minimum absolute atomic E-state index is 0.166. The summed E-state index contributed by atoms with van der Waals surface area (Å²) in [6, 6.07) is 7.82. The molecule has 0 fully saturated rings. The van der Waals surface area contributed by atoms with Crippen LogP contribution in [0.3, 0.4) is 0 Å². The third-order valence-electron chi connectivity index (χ3n) is 3.09. The molecule has 1 atom stereocenters. The van der Waals surface area contributed by atoms with Gasteiger partial charge >= 0.3 is 5.97 Å². The van der Waals surface area contributed by atoms with Crippen molar-refractivity contribution in [3.05, 3.63) is 29.8 Å². The highest BCUT2D eigenvalue weighted by atomic mass is 16.5. The van der Waals surface area contributed by atoms with E-state index in [0.29, 0.717) is 12.3 Å². The van der Waals surface area contributed by atoms with Gasteiger partial charge in [0.1, 0.15) is 5.75 Å². The fraction of sp³-hybridized carbons (Fsp3) is 0.533. The van der Waals surface area contributed by atoms with Crippen LogP contribution in [0.1, 0.15) is 45.6 Å². The third kappa shape index (κ3) is 4.59. The Kier molecular flexibility index (Phi) is 5.75. The molecule has 2 heteroatoms. The molecular weight excluding hydrogens is 212 g/mol. The van der Waals surface area contributed by atoms with Gasteiger partial charge in [-0.05, 0) is 30.4 Å². The maximum atomic E-state index is 11.3. The highest BCUT2D eigenvalue weighted by Gasteiger charge is 2.08. The molecule has 0 saturated heterocycles. The van der Waals surface area contributed by atoms with Gasteiger partial charge in [-0.1, -0.05) is 45.4 Å². The average Bonchev–Trinajstić information content (AvgIpc) is 2.37. The van der Waals surface area contributed by atoms with Gasteiger partial charge in [0.15, 0.2) is 0 Å². The number of para-hydroxylation sites is 1. The van der Waals surface area contributed by atoms with Crippen molar-refractivity contribution in [3.63, 3.8) is 0 Å². The van der Waals surface area contributed by atoms with Crippen molar-refractivity contribution in [2.24, 2.45) is 5.92 Å². The molecule has 17 heavy (non-hydrogen) atoms.